The van der Waals surface area contributed by atoms with E-state index in [1.54, 1.807) is 0 Å². The summed E-state index contributed by atoms with van der Waals surface area (Å²) in [6, 6.07) is 9.51. The zero-order chi connectivity index (χ0) is 18.5. The molecule has 0 unspecified atom stereocenters. The molecule has 1 aromatic carbocycles. The number of ether oxygens (including phenoxy) is 1. The fraction of sp³-hybridized carbons (Fsp3) is 0.588. The topological polar surface area (TPSA) is 48.9 Å². The number of guanidine groups is 1. The minimum absolute atomic E-state index is 0.347. The van der Waals surface area contributed by atoms with E-state index >= 15 is 0 Å². The molecule has 8 heteroatoms. The molecule has 25 heavy (non-hydrogen) atoms. The van der Waals surface area contributed by atoms with Gasteiger partial charge in [0.25, 0.3) is 0 Å². The fourth-order valence-electron chi connectivity index (χ4n) is 2.11. The van der Waals surface area contributed by atoms with Crippen LogP contribution in [0.25, 0.3) is 0 Å². The van der Waals surface area contributed by atoms with Crippen molar-refractivity contribution in [3.8, 4) is 5.75 Å². The van der Waals surface area contributed by atoms with Crippen LogP contribution in [-0.4, -0.2) is 63.4 Å². The lowest BCUT2D eigenvalue weighted by molar-refractivity contribution is -0.143. The van der Waals surface area contributed by atoms with Gasteiger partial charge < -0.3 is 15.4 Å². The fourth-order valence-corrected chi connectivity index (χ4v) is 2.11. The van der Waals surface area contributed by atoms with Crippen LogP contribution in [0.1, 0.15) is 13.3 Å². The summed E-state index contributed by atoms with van der Waals surface area (Å²) in [6.07, 6.45) is -3.60. The van der Waals surface area contributed by atoms with Crippen LogP contribution in [0.15, 0.2) is 35.3 Å². The first-order valence-corrected chi connectivity index (χ1v) is 8.36. The van der Waals surface area contributed by atoms with E-state index in [-0.39, 0.29) is 0 Å². The molecule has 0 saturated carbocycles. The van der Waals surface area contributed by atoms with Crippen molar-refractivity contribution < 1.29 is 17.9 Å². The summed E-state index contributed by atoms with van der Waals surface area (Å²) in [7, 11) is 1.46. The minimum Gasteiger partial charge on any atom is -0.492 e. The number of rotatable bonds is 10. The second kappa shape index (κ2) is 11.6. The van der Waals surface area contributed by atoms with E-state index in [0.29, 0.717) is 45.2 Å². The van der Waals surface area contributed by atoms with Crippen LogP contribution in [0.3, 0.4) is 0 Å². The van der Waals surface area contributed by atoms with Crippen molar-refractivity contribution >= 4 is 5.96 Å². The number of para-hydroxylation sites is 1. The monoisotopic (exact) mass is 360 g/mol. The maximum Gasteiger partial charge on any atom is 0.401 e. The number of hydrogen-bond acceptors (Lipinski definition) is 3. The molecule has 0 aliphatic heterocycles. The normalized spacial score (nSPS) is 12.3. The third-order valence-electron chi connectivity index (χ3n) is 3.17. The van der Waals surface area contributed by atoms with Gasteiger partial charge >= 0.3 is 6.18 Å². The average Bonchev–Trinajstić information content (AvgIpc) is 2.54. The van der Waals surface area contributed by atoms with Crippen molar-refractivity contribution in [3.05, 3.63) is 30.3 Å². The molecule has 142 valence electrons. The Bertz CT molecular complexity index is 494. The number of benzene rings is 1. The van der Waals surface area contributed by atoms with E-state index in [4.69, 9.17) is 4.74 Å². The number of halogens is 3. The Morgan fingerprint density at radius 3 is 2.56 bits per heavy atom. The van der Waals surface area contributed by atoms with Crippen LogP contribution in [0, 0.1) is 0 Å². The van der Waals surface area contributed by atoms with E-state index in [2.05, 4.69) is 15.6 Å². The number of hydrogen-bond donors (Lipinski definition) is 2. The van der Waals surface area contributed by atoms with Crippen LogP contribution < -0.4 is 15.4 Å². The molecule has 0 fully saturated rings. The molecule has 0 spiro atoms. The first kappa shape index (κ1) is 21.1. The summed E-state index contributed by atoms with van der Waals surface area (Å²) in [6.45, 7) is 3.63. The van der Waals surface area contributed by atoms with Crippen molar-refractivity contribution in [3.63, 3.8) is 0 Å². The van der Waals surface area contributed by atoms with Gasteiger partial charge in [-0.05, 0) is 39.1 Å². The second-order valence-electron chi connectivity index (χ2n) is 5.56. The zero-order valence-electron chi connectivity index (χ0n) is 14.8. The Morgan fingerprint density at radius 2 is 1.92 bits per heavy atom. The zero-order valence-corrected chi connectivity index (χ0v) is 14.8. The van der Waals surface area contributed by atoms with Crippen LogP contribution in [0.2, 0.25) is 0 Å². The standard InChI is InChI=1S/C17H27F3N4O/c1-3-21-16(22-10-7-12-24(2)14-17(18,19)20)23-11-13-25-15-8-5-4-6-9-15/h4-6,8-9H,3,7,10-14H2,1-2H3,(H2,21,22,23). The molecular formula is C17H27F3N4O. The van der Waals surface area contributed by atoms with Crippen molar-refractivity contribution in [1.29, 1.82) is 0 Å². The third-order valence-corrected chi connectivity index (χ3v) is 3.17. The van der Waals surface area contributed by atoms with Crippen molar-refractivity contribution in [2.75, 3.05) is 46.4 Å². The Balaban J connectivity index is 2.24. The van der Waals surface area contributed by atoms with Gasteiger partial charge in [-0.15, -0.1) is 0 Å². The van der Waals surface area contributed by atoms with Crippen LogP contribution in [0.4, 0.5) is 13.2 Å². The first-order chi connectivity index (χ1) is 11.9. The molecule has 1 rings (SSSR count). The van der Waals surface area contributed by atoms with Gasteiger partial charge in [-0.1, -0.05) is 18.2 Å². The maximum atomic E-state index is 12.2. The smallest absolute Gasteiger partial charge is 0.401 e. The molecule has 0 heterocycles. The largest absolute Gasteiger partial charge is 0.492 e. The summed E-state index contributed by atoms with van der Waals surface area (Å²) in [5, 5.41) is 6.23. The summed E-state index contributed by atoms with van der Waals surface area (Å²) < 4.78 is 42.3. The predicted molar refractivity (Wildman–Crippen MR) is 94.1 cm³/mol. The lowest BCUT2D eigenvalue weighted by Gasteiger charge is -2.18. The van der Waals surface area contributed by atoms with Gasteiger partial charge in [0.1, 0.15) is 12.4 Å². The quantitative estimate of drug-likeness (QED) is 0.382. The highest BCUT2D eigenvalue weighted by atomic mass is 19.4. The predicted octanol–water partition coefficient (Wildman–Crippen LogP) is 2.50. The van der Waals surface area contributed by atoms with E-state index < -0.39 is 12.7 Å². The van der Waals surface area contributed by atoms with Gasteiger partial charge in [-0.2, -0.15) is 13.2 Å². The Kier molecular flexibility index (Phi) is 9.76. The van der Waals surface area contributed by atoms with Crippen molar-refractivity contribution in [1.82, 2.24) is 15.5 Å². The minimum atomic E-state index is -4.16. The molecule has 1 aromatic rings. The molecule has 0 aromatic heterocycles. The van der Waals surface area contributed by atoms with E-state index in [1.165, 1.54) is 11.9 Å². The van der Waals surface area contributed by atoms with Crippen LogP contribution in [-0.2, 0) is 0 Å². The van der Waals surface area contributed by atoms with Crippen LogP contribution >= 0.6 is 0 Å². The number of nitrogens with one attached hydrogen (secondary N) is 2. The molecule has 0 radical (unpaired) electrons. The molecule has 0 aliphatic rings. The summed E-state index contributed by atoms with van der Waals surface area (Å²) in [5.74, 6) is 1.44. The highest BCUT2D eigenvalue weighted by Gasteiger charge is 2.28. The van der Waals surface area contributed by atoms with E-state index in [9.17, 15) is 13.2 Å². The Hall–Kier alpha value is -1.96. The van der Waals surface area contributed by atoms with E-state index in [0.717, 1.165) is 5.75 Å². The van der Waals surface area contributed by atoms with Gasteiger partial charge in [-0.25, -0.2) is 0 Å². The molecule has 5 nitrogen and oxygen atoms in total. The molecule has 2 N–H and O–H groups in total. The molecule has 0 aliphatic carbocycles. The third kappa shape index (κ3) is 11.3. The highest BCUT2D eigenvalue weighted by Crippen LogP contribution is 2.15. The first-order valence-electron chi connectivity index (χ1n) is 8.36. The van der Waals surface area contributed by atoms with Crippen LogP contribution in [0.5, 0.6) is 5.75 Å². The molecule has 0 bridgehead atoms. The van der Waals surface area contributed by atoms with Gasteiger partial charge in [0.05, 0.1) is 13.1 Å². The summed E-state index contributed by atoms with van der Waals surface area (Å²) >= 11 is 0. The Labute approximate surface area is 147 Å². The molecule has 0 saturated heterocycles. The second-order valence-corrected chi connectivity index (χ2v) is 5.56. The van der Waals surface area contributed by atoms with E-state index in [1.807, 2.05) is 37.3 Å². The molecule has 0 atom stereocenters. The SMILES string of the molecule is CCNC(=NCCCN(C)CC(F)(F)F)NCCOc1ccccc1. The van der Waals surface area contributed by atoms with Crippen molar-refractivity contribution in [2.24, 2.45) is 4.99 Å². The lowest BCUT2D eigenvalue weighted by atomic mass is 10.3. The lowest BCUT2D eigenvalue weighted by Crippen LogP contribution is -2.39. The van der Waals surface area contributed by atoms with Gasteiger partial charge in [0, 0.05) is 13.1 Å². The van der Waals surface area contributed by atoms with Gasteiger partial charge in [-0.3, -0.25) is 9.89 Å². The summed E-state index contributed by atoms with van der Waals surface area (Å²) in [5.41, 5.74) is 0. The number of nitrogens with zero attached hydrogens (tertiary/aromatic N) is 2. The molecular weight excluding hydrogens is 333 g/mol. The summed E-state index contributed by atoms with van der Waals surface area (Å²) in [4.78, 5) is 5.61. The van der Waals surface area contributed by atoms with Crippen molar-refractivity contribution in [2.45, 2.75) is 19.5 Å². The highest BCUT2D eigenvalue weighted by molar-refractivity contribution is 5.79. The maximum absolute atomic E-state index is 12.2. The number of aliphatic imine (C=N–C) groups is 1. The molecule has 0 amide bonds. The average molecular weight is 360 g/mol. The number of alkyl halides is 3. The van der Waals surface area contributed by atoms with Gasteiger partial charge in [0.15, 0.2) is 5.96 Å². The van der Waals surface area contributed by atoms with Gasteiger partial charge in [0.2, 0.25) is 0 Å². The Morgan fingerprint density at radius 1 is 1.20 bits per heavy atom.